The molecule has 0 fully saturated rings. The molecule has 0 atom stereocenters. The first-order valence-corrected chi connectivity index (χ1v) is 5.26. The van der Waals surface area contributed by atoms with E-state index >= 15 is 0 Å². The summed E-state index contributed by atoms with van der Waals surface area (Å²) < 4.78 is 1.07. The maximum Gasteiger partial charge on any atom is 0.334 e. The lowest BCUT2D eigenvalue weighted by Gasteiger charge is -2.08. The van der Waals surface area contributed by atoms with Gasteiger partial charge in [-0.2, -0.15) is 0 Å². The number of rotatable bonds is 2. The van der Waals surface area contributed by atoms with Gasteiger partial charge in [0, 0.05) is 19.2 Å². The molecule has 0 amide bonds. The quantitative estimate of drug-likeness (QED) is 0.604. The fourth-order valence-corrected chi connectivity index (χ4v) is 2.06. The summed E-state index contributed by atoms with van der Waals surface area (Å²) in [5.41, 5.74) is -0.774. The average Bonchev–Trinajstić information content (AvgIpc) is 2.32. The molecule has 0 bridgehead atoms. The zero-order valence-corrected chi connectivity index (χ0v) is 10.1. The van der Waals surface area contributed by atoms with Crippen molar-refractivity contribution < 1.29 is 9.85 Å². The summed E-state index contributed by atoms with van der Waals surface area (Å²) in [4.78, 5) is 32.1. The van der Waals surface area contributed by atoms with Crippen molar-refractivity contribution in [1.29, 1.82) is 0 Å². The van der Waals surface area contributed by atoms with E-state index in [1.165, 1.54) is 19.2 Å². The van der Waals surface area contributed by atoms with Gasteiger partial charge in [0.25, 0.3) is 5.69 Å². The van der Waals surface area contributed by atoms with Gasteiger partial charge in [-0.15, -0.1) is 0 Å². The second-order valence-electron chi connectivity index (χ2n) is 4.07. The highest BCUT2D eigenvalue weighted by atomic mass is 16.6. The van der Waals surface area contributed by atoms with E-state index in [2.05, 4.69) is 0 Å². The highest BCUT2D eigenvalue weighted by Crippen LogP contribution is 2.28. The van der Waals surface area contributed by atoms with E-state index in [1.54, 1.807) is 6.92 Å². The number of fused-ring (bicyclic) bond motifs is 1. The number of nitro groups is 2. The van der Waals surface area contributed by atoms with Crippen molar-refractivity contribution in [2.24, 2.45) is 7.05 Å². The molecule has 1 aromatic heterocycles. The minimum absolute atomic E-state index is 0.0822. The Morgan fingerprint density at radius 2 is 1.68 bits per heavy atom. The first-order chi connectivity index (χ1) is 8.84. The molecule has 8 nitrogen and oxygen atoms in total. The number of aromatic nitrogens is 1. The van der Waals surface area contributed by atoms with E-state index in [9.17, 15) is 25.0 Å². The Morgan fingerprint density at radius 3 is 2.21 bits per heavy atom. The molecule has 0 radical (unpaired) electrons. The van der Waals surface area contributed by atoms with Crippen molar-refractivity contribution in [3.63, 3.8) is 0 Å². The van der Waals surface area contributed by atoms with Gasteiger partial charge in [-0.25, -0.2) is 0 Å². The van der Waals surface area contributed by atoms with Gasteiger partial charge in [0.1, 0.15) is 0 Å². The van der Waals surface area contributed by atoms with Crippen LogP contribution in [0.2, 0.25) is 0 Å². The second-order valence-corrected chi connectivity index (χ2v) is 4.07. The molecule has 0 saturated heterocycles. The summed E-state index contributed by atoms with van der Waals surface area (Å²) in [5, 5.41) is 21.8. The lowest BCUT2D eigenvalue weighted by atomic mass is 10.1. The highest BCUT2D eigenvalue weighted by molar-refractivity contribution is 5.92. The Balaban J connectivity index is 3.08. The number of non-ortho nitro benzene ring substituents is 1. The Hall–Kier alpha value is -2.77. The third-order valence-electron chi connectivity index (χ3n) is 2.93. The van der Waals surface area contributed by atoms with Crippen LogP contribution in [0.3, 0.4) is 0 Å². The van der Waals surface area contributed by atoms with Crippen molar-refractivity contribution in [3.8, 4) is 0 Å². The Kier molecular flexibility index (Phi) is 2.78. The van der Waals surface area contributed by atoms with Crippen LogP contribution in [0.1, 0.15) is 5.56 Å². The fraction of sp³-hybridized carbons (Fsp3) is 0.182. The summed E-state index contributed by atoms with van der Waals surface area (Å²) in [6.45, 7) is 1.68. The molecule has 0 unspecified atom stereocenters. The summed E-state index contributed by atoms with van der Waals surface area (Å²) in [6, 6.07) is 3.74. The summed E-state index contributed by atoms with van der Waals surface area (Å²) >= 11 is 0. The number of hydrogen-bond acceptors (Lipinski definition) is 5. The van der Waals surface area contributed by atoms with Crippen molar-refractivity contribution in [2.45, 2.75) is 6.92 Å². The van der Waals surface area contributed by atoms with Gasteiger partial charge >= 0.3 is 11.2 Å². The first kappa shape index (κ1) is 12.7. The van der Waals surface area contributed by atoms with Crippen LogP contribution < -0.4 is 5.56 Å². The smallest absolute Gasteiger partial charge is 0.305 e. The van der Waals surface area contributed by atoms with E-state index in [1.807, 2.05) is 0 Å². The normalized spacial score (nSPS) is 10.6. The minimum atomic E-state index is -0.839. The van der Waals surface area contributed by atoms with Gasteiger partial charge in [0.2, 0.25) is 0 Å². The maximum atomic E-state index is 11.8. The number of benzene rings is 1. The van der Waals surface area contributed by atoms with Crippen LogP contribution in [-0.2, 0) is 7.05 Å². The SMILES string of the molecule is Cc1ccc([N+](=O)[O-])c2cc([N+](=O)[O-])c(=O)n(C)c12. The lowest BCUT2D eigenvalue weighted by molar-refractivity contribution is -0.387. The van der Waals surface area contributed by atoms with Crippen LogP contribution in [0.25, 0.3) is 10.9 Å². The van der Waals surface area contributed by atoms with Gasteiger partial charge in [0.15, 0.2) is 0 Å². The van der Waals surface area contributed by atoms with E-state index < -0.39 is 21.1 Å². The van der Waals surface area contributed by atoms with Crippen molar-refractivity contribution in [3.05, 3.63) is 54.3 Å². The van der Waals surface area contributed by atoms with Gasteiger partial charge in [-0.3, -0.25) is 25.0 Å². The molecular formula is C11H9N3O5. The number of nitro benzene ring substituents is 1. The second kappa shape index (κ2) is 4.16. The summed E-state index contributed by atoms with van der Waals surface area (Å²) in [6.07, 6.45) is 0. The maximum absolute atomic E-state index is 11.8. The van der Waals surface area contributed by atoms with Crippen LogP contribution in [0, 0.1) is 27.2 Å². The number of pyridine rings is 1. The number of hydrogen-bond donors (Lipinski definition) is 0. The van der Waals surface area contributed by atoms with E-state index in [-0.39, 0.29) is 11.1 Å². The molecule has 98 valence electrons. The molecule has 0 N–H and O–H groups in total. The molecule has 0 spiro atoms. The topological polar surface area (TPSA) is 108 Å². The summed E-state index contributed by atoms with van der Waals surface area (Å²) in [7, 11) is 1.36. The molecule has 19 heavy (non-hydrogen) atoms. The molecule has 1 aromatic carbocycles. The van der Waals surface area contributed by atoms with Crippen LogP contribution >= 0.6 is 0 Å². The first-order valence-electron chi connectivity index (χ1n) is 5.26. The van der Waals surface area contributed by atoms with Crippen LogP contribution in [0.5, 0.6) is 0 Å². The summed E-state index contributed by atoms with van der Waals surface area (Å²) in [5.74, 6) is 0. The molecule has 8 heteroatoms. The molecule has 0 aliphatic carbocycles. The van der Waals surface area contributed by atoms with E-state index in [0.717, 1.165) is 10.6 Å². The zero-order valence-electron chi connectivity index (χ0n) is 10.1. The zero-order chi connectivity index (χ0) is 14.3. The standard InChI is InChI=1S/C11H9N3O5/c1-6-3-4-8(13(16)17)7-5-9(14(18)19)11(15)12(2)10(6)7/h3-5H,1-2H3. The third kappa shape index (κ3) is 1.82. The Labute approximate surface area is 106 Å². The fourth-order valence-electron chi connectivity index (χ4n) is 2.06. The van der Waals surface area contributed by atoms with Crippen LogP contribution in [0.4, 0.5) is 11.4 Å². The lowest BCUT2D eigenvalue weighted by Crippen LogP contribution is -2.20. The van der Waals surface area contributed by atoms with E-state index in [4.69, 9.17) is 0 Å². The van der Waals surface area contributed by atoms with Gasteiger partial charge in [-0.1, -0.05) is 6.07 Å². The highest BCUT2D eigenvalue weighted by Gasteiger charge is 2.22. The predicted molar refractivity (Wildman–Crippen MR) is 67.2 cm³/mol. The molecule has 2 rings (SSSR count). The monoisotopic (exact) mass is 263 g/mol. The van der Waals surface area contributed by atoms with Crippen molar-refractivity contribution >= 4 is 22.3 Å². The Bertz CT molecular complexity index is 778. The Morgan fingerprint density at radius 1 is 1.11 bits per heavy atom. The van der Waals surface area contributed by atoms with Crippen LogP contribution in [0.15, 0.2) is 23.0 Å². The van der Waals surface area contributed by atoms with Crippen molar-refractivity contribution in [1.82, 2.24) is 4.57 Å². The molecule has 0 saturated carbocycles. The largest absolute Gasteiger partial charge is 0.334 e. The van der Waals surface area contributed by atoms with Gasteiger partial charge in [0.05, 0.1) is 20.7 Å². The molecular weight excluding hydrogens is 254 g/mol. The van der Waals surface area contributed by atoms with Crippen LogP contribution in [-0.4, -0.2) is 14.4 Å². The number of nitrogens with zero attached hydrogens (tertiary/aromatic N) is 3. The minimum Gasteiger partial charge on any atom is -0.305 e. The molecule has 0 aliphatic rings. The molecule has 1 heterocycles. The average molecular weight is 263 g/mol. The predicted octanol–water partition coefficient (Wildman–Crippen LogP) is 1.66. The molecule has 2 aromatic rings. The third-order valence-corrected chi connectivity index (χ3v) is 2.93. The van der Waals surface area contributed by atoms with E-state index in [0.29, 0.717) is 11.1 Å². The van der Waals surface area contributed by atoms with Gasteiger partial charge in [-0.05, 0) is 12.5 Å². The molecule has 0 aliphatic heterocycles. The van der Waals surface area contributed by atoms with Crippen molar-refractivity contribution in [2.75, 3.05) is 0 Å². The number of aryl methyl sites for hydroxylation is 2. The van der Waals surface area contributed by atoms with Gasteiger partial charge < -0.3 is 4.57 Å².